The van der Waals surface area contributed by atoms with Gasteiger partial charge in [-0.25, -0.2) is 9.97 Å². The maximum atomic E-state index is 12.0. The number of rotatable bonds is 5. The number of benzene rings is 1. The molecular weight excluding hydrogens is 396 g/mol. The highest BCUT2D eigenvalue weighted by atomic mass is 16.8. The first kappa shape index (κ1) is 19.0. The molecule has 0 bridgehead atoms. The lowest BCUT2D eigenvalue weighted by molar-refractivity contribution is -0.153. The van der Waals surface area contributed by atoms with Gasteiger partial charge >= 0.3 is 0 Å². The van der Waals surface area contributed by atoms with Gasteiger partial charge in [0.15, 0.2) is 23.7 Å². The number of aromatic nitrogens is 4. The smallest absolute Gasteiger partial charge is 0.278 e. The maximum Gasteiger partial charge on any atom is 0.278 e. The molecule has 2 aliphatic rings. The van der Waals surface area contributed by atoms with E-state index in [4.69, 9.17) is 23.7 Å². The van der Waals surface area contributed by atoms with Gasteiger partial charge in [-0.15, -0.1) is 0 Å². The molecule has 5 rings (SSSR count). The molecule has 4 heterocycles. The molecule has 2 aliphatic heterocycles. The van der Waals surface area contributed by atoms with Gasteiger partial charge in [-0.1, -0.05) is 0 Å². The highest BCUT2D eigenvalue weighted by molar-refractivity contribution is 5.68. The second-order valence-electron chi connectivity index (χ2n) is 6.94. The summed E-state index contributed by atoms with van der Waals surface area (Å²) in [5.74, 6) is 1.20. The summed E-state index contributed by atoms with van der Waals surface area (Å²) in [6.07, 6.45) is -0.343. The van der Waals surface area contributed by atoms with Gasteiger partial charge in [0.2, 0.25) is 0 Å². The summed E-state index contributed by atoms with van der Waals surface area (Å²) in [6, 6.07) is 5.34. The fourth-order valence-corrected chi connectivity index (χ4v) is 3.91. The molecule has 3 aromatic rings. The third-order valence-electron chi connectivity index (χ3n) is 5.36. The van der Waals surface area contributed by atoms with Crippen LogP contribution in [0.1, 0.15) is 18.1 Å². The second-order valence-corrected chi connectivity index (χ2v) is 6.94. The van der Waals surface area contributed by atoms with Gasteiger partial charge in [-0.05, 0) is 12.1 Å². The lowest BCUT2D eigenvalue weighted by Gasteiger charge is -2.21. The van der Waals surface area contributed by atoms with Crippen LogP contribution in [0.3, 0.4) is 0 Å². The van der Waals surface area contributed by atoms with Gasteiger partial charge < -0.3 is 33.8 Å². The van der Waals surface area contributed by atoms with Crippen molar-refractivity contribution in [2.45, 2.75) is 30.8 Å². The minimum Gasteiger partial charge on any atom is -0.497 e. The molecular formula is C19H20N4O7. The van der Waals surface area contributed by atoms with E-state index < -0.39 is 30.8 Å². The average Bonchev–Trinajstić information content (AvgIpc) is 3.47. The van der Waals surface area contributed by atoms with Gasteiger partial charge in [-0.3, -0.25) is 9.36 Å². The first-order chi connectivity index (χ1) is 14.6. The third-order valence-corrected chi connectivity index (χ3v) is 5.36. The van der Waals surface area contributed by atoms with Crippen molar-refractivity contribution in [3.63, 3.8) is 0 Å². The number of imidazole rings is 1. The van der Waals surface area contributed by atoms with Crippen molar-refractivity contribution in [1.29, 1.82) is 0 Å². The van der Waals surface area contributed by atoms with Crippen molar-refractivity contribution in [2.75, 3.05) is 20.8 Å². The quantitative estimate of drug-likeness (QED) is 0.611. The van der Waals surface area contributed by atoms with Crippen LogP contribution in [-0.4, -0.2) is 63.8 Å². The number of hydrogen-bond donors (Lipinski definition) is 2. The summed E-state index contributed by atoms with van der Waals surface area (Å²) in [7, 11) is 3.13. The minimum atomic E-state index is -0.729. The van der Waals surface area contributed by atoms with E-state index in [0.29, 0.717) is 22.7 Å². The van der Waals surface area contributed by atoms with E-state index in [-0.39, 0.29) is 17.7 Å². The van der Waals surface area contributed by atoms with Gasteiger partial charge in [0.05, 0.1) is 39.0 Å². The van der Waals surface area contributed by atoms with E-state index in [2.05, 4.69) is 15.0 Å². The summed E-state index contributed by atoms with van der Waals surface area (Å²) in [5.41, 5.74) is 0.886. The first-order valence-electron chi connectivity index (χ1n) is 9.34. The molecule has 5 atom stereocenters. The van der Waals surface area contributed by atoms with Crippen LogP contribution in [0, 0.1) is 0 Å². The van der Waals surface area contributed by atoms with E-state index in [1.165, 1.54) is 12.7 Å². The molecule has 0 radical (unpaired) electrons. The van der Waals surface area contributed by atoms with Crippen LogP contribution in [0.25, 0.3) is 11.2 Å². The number of H-pyrrole nitrogens is 1. The van der Waals surface area contributed by atoms with Gasteiger partial charge in [-0.2, -0.15) is 0 Å². The molecule has 30 heavy (non-hydrogen) atoms. The van der Waals surface area contributed by atoms with Crippen molar-refractivity contribution in [2.24, 2.45) is 0 Å². The zero-order valence-electron chi connectivity index (χ0n) is 16.2. The van der Waals surface area contributed by atoms with Crippen LogP contribution in [0.5, 0.6) is 11.5 Å². The normalized spacial score (nSPS) is 28.0. The molecule has 11 heteroatoms. The Kier molecular flexibility index (Phi) is 4.66. The number of methoxy groups -OCH3 is 2. The molecule has 1 aromatic carbocycles. The lowest BCUT2D eigenvalue weighted by atomic mass is 10.1. The summed E-state index contributed by atoms with van der Waals surface area (Å²) < 4.78 is 30.6. The minimum absolute atomic E-state index is 0.192. The predicted molar refractivity (Wildman–Crippen MR) is 101 cm³/mol. The molecule has 0 spiro atoms. The Hall–Kier alpha value is -2.99. The summed E-state index contributed by atoms with van der Waals surface area (Å²) in [5, 5.41) is 9.81. The molecule has 0 saturated carbocycles. The Morgan fingerprint density at radius 3 is 2.77 bits per heavy atom. The van der Waals surface area contributed by atoms with Crippen LogP contribution in [0.2, 0.25) is 0 Å². The van der Waals surface area contributed by atoms with Crippen molar-refractivity contribution >= 4 is 11.2 Å². The number of aliphatic hydroxyl groups excluding tert-OH is 1. The summed E-state index contributed by atoms with van der Waals surface area (Å²) in [4.78, 5) is 22.8. The topological polar surface area (TPSA) is 130 Å². The standard InChI is InChI=1S/C19H20N4O7/c1-26-9-3-4-10(11(5-9)27-2)19-29-14-12(6-24)28-18(15(14)30-19)23-8-22-13-16(23)20-7-21-17(13)25/h3-5,7-8,12,14-15,18-19,24H,6H2,1-2H3,(H,20,21,25)/t12-,14?,15?,18?,19?/m1/s1. The fraction of sp³-hybridized carbons (Fsp3) is 0.421. The Balaban J connectivity index is 1.50. The van der Waals surface area contributed by atoms with E-state index in [1.54, 1.807) is 37.0 Å². The molecule has 2 N–H and O–H groups in total. The molecule has 4 unspecified atom stereocenters. The van der Waals surface area contributed by atoms with Gasteiger partial charge in [0.1, 0.15) is 29.8 Å². The number of aliphatic hydroxyl groups is 1. The van der Waals surface area contributed by atoms with Crippen LogP contribution in [0.4, 0.5) is 0 Å². The van der Waals surface area contributed by atoms with Crippen LogP contribution in [0.15, 0.2) is 35.6 Å². The molecule has 0 amide bonds. The van der Waals surface area contributed by atoms with Crippen molar-refractivity contribution in [3.8, 4) is 11.5 Å². The number of ether oxygens (including phenoxy) is 5. The maximum absolute atomic E-state index is 12.0. The Morgan fingerprint density at radius 2 is 2.00 bits per heavy atom. The molecule has 2 fully saturated rings. The summed E-state index contributed by atoms with van der Waals surface area (Å²) >= 11 is 0. The van der Waals surface area contributed by atoms with Gasteiger partial charge in [0, 0.05) is 6.07 Å². The van der Waals surface area contributed by atoms with E-state index in [9.17, 15) is 9.90 Å². The lowest BCUT2D eigenvalue weighted by Crippen LogP contribution is -2.30. The highest BCUT2D eigenvalue weighted by Gasteiger charge is 2.54. The van der Waals surface area contributed by atoms with Gasteiger partial charge in [0.25, 0.3) is 5.56 Å². The monoisotopic (exact) mass is 416 g/mol. The van der Waals surface area contributed by atoms with Crippen molar-refractivity contribution in [1.82, 2.24) is 19.5 Å². The van der Waals surface area contributed by atoms with E-state index >= 15 is 0 Å². The Morgan fingerprint density at radius 1 is 1.17 bits per heavy atom. The van der Waals surface area contributed by atoms with Crippen molar-refractivity contribution < 1.29 is 28.8 Å². The van der Waals surface area contributed by atoms with Crippen molar-refractivity contribution in [3.05, 3.63) is 46.8 Å². The van der Waals surface area contributed by atoms with E-state index in [0.717, 1.165) is 0 Å². The SMILES string of the molecule is COc1ccc(C2OC3C(O2)[C@@H](CO)OC3n2cnc3c(=O)[nH]cnc32)c(OC)c1. The first-order valence-corrected chi connectivity index (χ1v) is 9.34. The Bertz CT molecular complexity index is 1130. The second kappa shape index (κ2) is 7.36. The van der Waals surface area contributed by atoms with Crippen LogP contribution in [-0.2, 0) is 14.2 Å². The van der Waals surface area contributed by atoms with Crippen LogP contribution >= 0.6 is 0 Å². The average molecular weight is 416 g/mol. The zero-order chi connectivity index (χ0) is 20.8. The molecule has 158 valence electrons. The molecule has 2 saturated heterocycles. The van der Waals surface area contributed by atoms with Crippen LogP contribution < -0.4 is 15.0 Å². The molecule has 11 nitrogen and oxygen atoms in total. The Labute approximate surface area is 170 Å². The number of fused-ring (bicyclic) bond motifs is 2. The number of aromatic amines is 1. The van der Waals surface area contributed by atoms with E-state index in [1.807, 2.05) is 0 Å². The number of nitrogens with one attached hydrogen (secondary N) is 1. The molecule has 0 aliphatic carbocycles. The number of hydrogen-bond acceptors (Lipinski definition) is 9. The number of nitrogens with zero attached hydrogens (tertiary/aromatic N) is 3. The fourth-order valence-electron chi connectivity index (χ4n) is 3.91. The molecule has 2 aromatic heterocycles. The summed E-state index contributed by atoms with van der Waals surface area (Å²) in [6.45, 7) is -0.256. The largest absolute Gasteiger partial charge is 0.497 e. The zero-order valence-corrected chi connectivity index (χ0v) is 16.2. The third kappa shape index (κ3) is 2.86. The highest BCUT2D eigenvalue weighted by Crippen LogP contribution is 2.46. The predicted octanol–water partition coefficient (Wildman–Crippen LogP) is 0.509.